The first-order chi connectivity index (χ1) is 32.6. The molecule has 9 aromatic carbocycles. The van der Waals surface area contributed by atoms with Crippen molar-refractivity contribution in [3.63, 3.8) is 0 Å². The summed E-state index contributed by atoms with van der Waals surface area (Å²) < 4.78 is 0. The lowest BCUT2D eigenvalue weighted by Crippen LogP contribution is -1.92. The van der Waals surface area contributed by atoms with Crippen LogP contribution in [0.15, 0.2) is 285 Å². The van der Waals surface area contributed by atoms with E-state index in [4.69, 9.17) is 0 Å². The fraction of sp³-hybridized carbons (Fsp3) is 0.0606. The van der Waals surface area contributed by atoms with E-state index in [1.54, 1.807) is 0 Å². The number of allylic oxidation sites excluding steroid dienone is 4. The highest BCUT2D eigenvalue weighted by atomic mass is 14.2. The van der Waals surface area contributed by atoms with E-state index in [9.17, 15) is 0 Å². The first kappa shape index (κ1) is 47.4. The van der Waals surface area contributed by atoms with E-state index >= 15 is 0 Å². The summed E-state index contributed by atoms with van der Waals surface area (Å²) in [5.41, 5.74) is 17.8. The molecule has 0 unspecified atom stereocenters. The summed E-state index contributed by atoms with van der Waals surface area (Å²) in [5, 5.41) is 0. The Morgan fingerprint density at radius 1 is 0.258 bits per heavy atom. The third kappa shape index (κ3) is 14.2. The van der Waals surface area contributed by atoms with Crippen molar-refractivity contribution in [2.75, 3.05) is 0 Å². The third-order valence-corrected chi connectivity index (χ3v) is 11.0. The van der Waals surface area contributed by atoms with Crippen LogP contribution >= 0.6 is 0 Å². The van der Waals surface area contributed by atoms with Crippen LogP contribution in [0.1, 0.15) is 77.8 Å². The van der Waals surface area contributed by atoms with E-state index in [0.29, 0.717) is 0 Å². The van der Waals surface area contributed by atoms with E-state index < -0.39 is 0 Å². The summed E-state index contributed by atoms with van der Waals surface area (Å²) in [5.74, 6) is 0. The van der Waals surface area contributed by atoms with Gasteiger partial charge in [-0.1, -0.05) is 291 Å². The van der Waals surface area contributed by atoms with Gasteiger partial charge >= 0.3 is 0 Å². The maximum atomic E-state index is 2.20. The van der Waals surface area contributed by atoms with Gasteiger partial charge in [-0.05, 0) is 106 Å². The summed E-state index contributed by atoms with van der Waals surface area (Å²) >= 11 is 0. The average molecular weight is 853 g/mol. The lowest BCUT2D eigenvalue weighted by Gasteiger charge is -2.14. The molecule has 66 heavy (non-hydrogen) atoms. The fourth-order valence-corrected chi connectivity index (χ4v) is 7.78. The highest BCUT2D eigenvalue weighted by Crippen LogP contribution is 2.33. The summed E-state index contributed by atoms with van der Waals surface area (Å²) in [6, 6.07) is 94.7. The van der Waals surface area contributed by atoms with E-state index in [-0.39, 0.29) is 0 Å². The Morgan fingerprint density at radius 3 is 0.697 bits per heavy atom. The molecule has 0 saturated carbocycles. The Kier molecular flexibility index (Phi) is 19.1. The minimum Gasteiger partial charge on any atom is -0.0871 e. The molecule has 0 aliphatic rings. The molecule has 0 radical (unpaired) electrons. The summed E-state index contributed by atoms with van der Waals surface area (Å²) in [4.78, 5) is 0. The van der Waals surface area contributed by atoms with Gasteiger partial charge < -0.3 is 0 Å². The first-order valence-electron chi connectivity index (χ1n) is 22.8. The molecule has 9 aromatic rings. The van der Waals surface area contributed by atoms with Crippen LogP contribution in [0, 0.1) is 0 Å². The van der Waals surface area contributed by atoms with E-state index in [1.165, 1.54) is 77.9 Å². The maximum Gasteiger partial charge on any atom is -0.00762 e. The van der Waals surface area contributed by atoms with Crippen LogP contribution in [0.3, 0.4) is 0 Å². The minimum atomic E-state index is 1.25. The molecule has 0 heterocycles. The van der Waals surface area contributed by atoms with Gasteiger partial charge in [0.05, 0.1) is 0 Å². The van der Waals surface area contributed by atoms with Crippen molar-refractivity contribution in [1.29, 1.82) is 0 Å². The number of hydrogen-bond donors (Lipinski definition) is 0. The summed E-state index contributed by atoms with van der Waals surface area (Å²) in [7, 11) is 0. The van der Waals surface area contributed by atoms with Crippen LogP contribution < -0.4 is 0 Å². The van der Waals surface area contributed by atoms with Crippen LogP contribution in [0.4, 0.5) is 0 Å². The third-order valence-electron chi connectivity index (χ3n) is 11.0. The van der Waals surface area contributed by atoms with Gasteiger partial charge in [-0.25, -0.2) is 0 Å². The fourth-order valence-electron chi connectivity index (χ4n) is 7.78. The van der Waals surface area contributed by atoms with Crippen molar-refractivity contribution < 1.29 is 0 Å². The Balaban J connectivity index is 0.000000152. The van der Waals surface area contributed by atoms with Crippen molar-refractivity contribution >= 4 is 33.9 Å². The minimum absolute atomic E-state index is 1.25. The molecular formula is C66H60. The van der Waals surface area contributed by atoms with E-state index in [2.05, 4.69) is 276 Å². The van der Waals surface area contributed by atoms with Crippen LogP contribution in [0.5, 0.6) is 0 Å². The Labute approximate surface area is 395 Å². The van der Waals surface area contributed by atoms with Crippen molar-refractivity contribution in [2.24, 2.45) is 0 Å². The number of rotatable bonds is 9. The van der Waals surface area contributed by atoms with Crippen molar-refractivity contribution in [1.82, 2.24) is 0 Å². The standard InChI is InChI=1S/2C21H18.C15H14.C9H10/c2*1-17(18-11-5-2-6-12-18)21(19-13-7-3-8-14-19)20-15-9-4-10-16-20;1-2-15(13-9-5-3-6-10-13)14-11-7-4-8-12-14;1-2-6-9-7-4-3-5-8-9/h2*2-16H,1H3;2-12H,1H3;2-8H,1H3/b;;;6-2+. The van der Waals surface area contributed by atoms with Gasteiger partial charge in [-0.3, -0.25) is 0 Å². The predicted molar refractivity (Wildman–Crippen MR) is 289 cm³/mol. The Bertz CT molecular complexity index is 2580. The van der Waals surface area contributed by atoms with Gasteiger partial charge in [0.25, 0.3) is 0 Å². The van der Waals surface area contributed by atoms with Crippen molar-refractivity contribution in [3.05, 3.63) is 335 Å². The Morgan fingerprint density at radius 2 is 0.470 bits per heavy atom. The predicted octanol–water partition coefficient (Wildman–Crippen LogP) is 18.2. The van der Waals surface area contributed by atoms with Gasteiger partial charge in [0.15, 0.2) is 0 Å². The normalized spacial score (nSPS) is 10.1. The number of benzene rings is 9. The zero-order chi connectivity index (χ0) is 46.0. The lowest BCUT2D eigenvalue weighted by molar-refractivity contribution is 1.50. The smallest absolute Gasteiger partial charge is 0.00762 e. The molecule has 0 saturated heterocycles. The van der Waals surface area contributed by atoms with Crippen molar-refractivity contribution in [3.8, 4) is 0 Å². The zero-order valence-electron chi connectivity index (χ0n) is 38.7. The van der Waals surface area contributed by atoms with E-state index in [1.807, 2.05) is 43.3 Å². The molecule has 0 atom stereocenters. The van der Waals surface area contributed by atoms with Crippen LogP contribution in [-0.2, 0) is 0 Å². The van der Waals surface area contributed by atoms with Crippen molar-refractivity contribution in [2.45, 2.75) is 27.7 Å². The monoisotopic (exact) mass is 852 g/mol. The number of hydrogen-bond acceptors (Lipinski definition) is 0. The van der Waals surface area contributed by atoms with Gasteiger partial charge in [0.2, 0.25) is 0 Å². The SMILES string of the molecule is C/C=C/c1ccccc1.CC(=C(c1ccccc1)c1ccccc1)c1ccccc1.CC(=C(c1ccccc1)c1ccccc1)c1ccccc1.CC=C(c1ccccc1)c1ccccc1. The van der Waals surface area contributed by atoms with Crippen LogP contribution in [-0.4, -0.2) is 0 Å². The molecule has 0 N–H and O–H groups in total. The highest BCUT2D eigenvalue weighted by molar-refractivity contribution is 5.98. The highest BCUT2D eigenvalue weighted by Gasteiger charge is 2.11. The second kappa shape index (κ2) is 26.5. The molecule has 0 aliphatic heterocycles. The van der Waals surface area contributed by atoms with E-state index in [0.717, 1.165) is 0 Å². The maximum absolute atomic E-state index is 2.20. The second-order valence-corrected chi connectivity index (χ2v) is 15.5. The zero-order valence-corrected chi connectivity index (χ0v) is 38.7. The molecule has 0 bridgehead atoms. The molecule has 0 nitrogen and oxygen atoms in total. The molecule has 9 rings (SSSR count). The molecule has 324 valence electrons. The quantitative estimate of drug-likeness (QED) is 0.127. The average Bonchev–Trinajstić information content (AvgIpc) is 3.40. The molecule has 0 heteroatoms. The van der Waals surface area contributed by atoms with Crippen LogP contribution in [0.2, 0.25) is 0 Å². The van der Waals surface area contributed by atoms with Gasteiger partial charge in [0.1, 0.15) is 0 Å². The second-order valence-electron chi connectivity index (χ2n) is 15.5. The molecule has 0 aliphatic carbocycles. The summed E-state index contributed by atoms with van der Waals surface area (Å²) in [6.45, 7) is 8.50. The molecular weight excluding hydrogens is 793 g/mol. The molecule has 0 aromatic heterocycles. The topological polar surface area (TPSA) is 0 Å². The molecule has 0 spiro atoms. The van der Waals surface area contributed by atoms with Gasteiger partial charge in [0, 0.05) is 0 Å². The summed E-state index contributed by atoms with van der Waals surface area (Å²) in [6.07, 6.45) is 6.28. The Hall–Kier alpha value is -8.06. The van der Waals surface area contributed by atoms with Gasteiger partial charge in [-0.2, -0.15) is 0 Å². The molecule has 0 fully saturated rings. The van der Waals surface area contributed by atoms with Gasteiger partial charge in [-0.15, -0.1) is 0 Å². The first-order valence-corrected chi connectivity index (χ1v) is 22.8. The largest absolute Gasteiger partial charge is 0.0871 e. The van der Waals surface area contributed by atoms with Crippen LogP contribution in [0.25, 0.3) is 33.9 Å². The molecule has 0 amide bonds. The lowest BCUT2D eigenvalue weighted by atomic mass is 9.90.